The third kappa shape index (κ3) is 13.9. The van der Waals surface area contributed by atoms with Crippen LogP contribution in [0.15, 0.2) is 0 Å². The minimum Gasteiger partial charge on any atom is -0.330 e. The van der Waals surface area contributed by atoms with E-state index in [4.69, 9.17) is 11.6 Å². The Morgan fingerprint density at radius 3 is 1.31 bits per heavy atom. The summed E-state index contributed by atoms with van der Waals surface area (Å²) in [6, 6.07) is 0. The fourth-order valence-corrected chi connectivity index (χ4v) is 1.96. The lowest BCUT2D eigenvalue weighted by Crippen LogP contribution is -2.22. The number of hydrogen-bond acceptors (Lipinski definition) is 3. The molecule has 0 spiro atoms. The molecule has 0 aromatic carbocycles. The van der Waals surface area contributed by atoms with Gasteiger partial charge in [0.25, 0.3) is 0 Å². The smallest absolute Gasteiger partial charge is 0.00974 e. The molecule has 5 N–H and O–H groups in total. The van der Waals surface area contributed by atoms with Crippen LogP contribution in [-0.2, 0) is 0 Å². The number of nitrogens with two attached hydrogens (primary N) is 2. The summed E-state index contributed by atoms with van der Waals surface area (Å²) in [5.74, 6) is 5.20. The van der Waals surface area contributed by atoms with E-state index in [-0.39, 0.29) is 0 Å². The third-order valence-corrected chi connectivity index (χ3v) is 3.03. The quantitative estimate of drug-likeness (QED) is 0.258. The van der Waals surface area contributed by atoms with Crippen molar-refractivity contribution in [3.05, 3.63) is 0 Å². The number of nitrogens with one attached hydrogen (secondary N) is 1. The first-order chi connectivity index (χ1) is 7.91. The summed E-state index contributed by atoms with van der Waals surface area (Å²) in [5, 5.41) is 0. The standard InChI is InChI=1S/C13H31N3/c14-12-10-8-6-4-2-1-3-5-7-9-11-13-16-15/h16H,1-15H2. The summed E-state index contributed by atoms with van der Waals surface area (Å²) in [5.41, 5.74) is 8.14. The van der Waals surface area contributed by atoms with Crippen LogP contribution in [0.4, 0.5) is 0 Å². The molecule has 0 aliphatic heterocycles. The van der Waals surface area contributed by atoms with Gasteiger partial charge in [-0.15, -0.1) is 0 Å². The molecule has 0 rings (SSSR count). The molecule has 0 saturated heterocycles. The SMILES string of the molecule is NCCCCCCCCCCCCCNN. The molecule has 0 saturated carbocycles. The minimum atomic E-state index is 0.859. The molecule has 0 aliphatic carbocycles. The third-order valence-electron chi connectivity index (χ3n) is 3.03. The fourth-order valence-electron chi connectivity index (χ4n) is 1.96. The van der Waals surface area contributed by atoms with E-state index in [0.29, 0.717) is 0 Å². The van der Waals surface area contributed by atoms with Gasteiger partial charge < -0.3 is 5.73 Å². The van der Waals surface area contributed by atoms with Gasteiger partial charge in [-0.2, -0.15) is 0 Å². The molecule has 0 aliphatic rings. The van der Waals surface area contributed by atoms with E-state index in [1.807, 2.05) is 0 Å². The predicted octanol–water partition coefficient (Wildman–Crippen LogP) is 2.70. The van der Waals surface area contributed by atoms with E-state index >= 15 is 0 Å². The molecule has 3 heteroatoms. The van der Waals surface area contributed by atoms with E-state index in [2.05, 4.69) is 5.43 Å². The highest BCUT2D eigenvalue weighted by atomic mass is 15.2. The van der Waals surface area contributed by atoms with Crippen LogP contribution in [0.1, 0.15) is 70.6 Å². The van der Waals surface area contributed by atoms with E-state index in [0.717, 1.165) is 13.1 Å². The van der Waals surface area contributed by atoms with Crippen molar-refractivity contribution < 1.29 is 0 Å². The molecule has 0 amide bonds. The van der Waals surface area contributed by atoms with Gasteiger partial charge in [-0.25, -0.2) is 0 Å². The van der Waals surface area contributed by atoms with Crippen LogP contribution >= 0.6 is 0 Å². The zero-order valence-electron chi connectivity index (χ0n) is 10.8. The van der Waals surface area contributed by atoms with Crippen LogP contribution in [0.25, 0.3) is 0 Å². The monoisotopic (exact) mass is 229 g/mol. The first-order valence-electron chi connectivity index (χ1n) is 7.05. The molecule has 0 bridgehead atoms. The van der Waals surface area contributed by atoms with Crippen LogP contribution in [0.2, 0.25) is 0 Å². The Morgan fingerprint density at radius 1 is 0.562 bits per heavy atom. The molecule has 0 aromatic rings. The molecule has 0 heterocycles. The van der Waals surface area contributed by atoms with Gasteiger partial charge in [-0.05, 0) is 19.4 Å². The zero-order chi connectivity index (χ0) is 11.9. The first-order valence-corrected chi connectivity index (χ1v) is 7.05. The molecule has 0 atom stereocenters. The maximum absolute atomic E-state index is 5.45. The highest BCUT2D eigenvalue weighted by Gasteiger charge is 1.92. The van der Waals surface area contributed by atoms with Gasteiger partial charge in [-0.1, -0.05) is 57.8 Å². The average Bonchev–Trinajstić information content (AvgIpc) is 2.31. The average molecular weight is 229 g/mol. The van der Waals surface area contributed by atoms with E-state index in [1.165, 1.54) is 70.6 Å². The van der Waals surface area contributed by atoms with E-state index in [1.54, 1.807) is 0 Å². The Bertz CT molecular complexity index is 104. The zero-order valence-corrected chi connectivity index (χ0v) is 10.8. The number of hydrazine groups is 1. The fraction of sp³-hybridized carbons (Fsp3) is 1.00. The lowest BCUT2D eigenvalue weighted by atomic mass is 10.1. The van der Waals surface area contributed by atoms with Crippen molar-refractivity contribution in [1.29, 1.82) is 0 Å². The first kappa shape index (κ1) is 15.9. The second kappa shape index (κ2) is 14.9. The summed E-state index contributed by atoms with van der Waals surface area (Å²) in [4.78, 5) is 0. The number of hydrogen-bond donors (Lipinski definition) is 3. The molecule has 16 heavy (non-hydrogen) atoms. The van der Waals surface area contributed by atoms with Crippen LogP contribution in [0, 0.1) is 0 Å². The summed E-state index contributed by atoms with van der Waals surface area (Å²) in [7, 11) is 0. The molecular formula is C13H31N3. The number of unbranched alkanes of at least 4 members (excludes halogenated alkanes) is 10. The highest BCUT2D eigenvalue weighted by molar-refractivity contribution is 4.49. The second-order valence-corrected chi connectivity index (χ2v) is 4.63. The second-order valence-electron chi connectivity index (χ2n) is 4.63. The Balaban J connectivity index is 2.83. The van der Waals surface area contributed by atoms with Gasteiger partial charge in [0.05, 0.1) is 0 Å². The topological polar surface area (TPSA) is 64.1 Å². The molecule has 0 fully saturated rings. The summed E-state index contributed by atoms with van der Waals surface area (Å²) in [6.07, 6.45) is 14.8. The Hall–Kier alpha value is -0.120. The van der Waals surface area contributed by atoms with Crippen molar-refractivity contribution >= 4 is 0 Å². The van der Waals surface area contributed by atoms with Crippen molar-refractivity contribution in [1.82, 2.24) is 5.43 Å². The lowest BCUT2D eigenvalue weighted by Gasteiger charge is -2.02. The van der Waals surface area contributed by atoms with Gasteiger partial charge in [0.1, 0.15) is 0 Å². The Morgan fingerprint density at radius 2 is 0.938 bits per heavy atom. The Labute approximate surface area is 101 Å². The van der Waals surface area contributed by atoms with E-state index < -0.39 is 0 Å². The van der Waals surface area contributed by atoms with Crippen molar-refractivity contribution in [2.45, 2.75) is 70.6 Å². The maximum Gasteiger partial charge on any atom is 0.00974 e. The van der Waals surface area contributed by atoms with Gasteiger partial charge in [0.2, 0.25) is 0 Å². The highest BCUT2D eigenvalue weighted by Crippen LogP contribution is 2.10. The van der Waals surface area contributed by atoms with Crippen molar-refractivity contribution in [3.63, 3.8) is 0 Å². The molecule has 3 nitrogen and oxygen atoms in total. The summed E-state index contributed by atoms with van der Waals surface area (Å²) in [6.45, 7) is 1.82. The molecule has 0 aromatic heterocycles. The predicted molar refractivity (Wildman–Crippen MR) is 72.0 cm³/mol. The van der Waals surface area contributed by atoms with Crippen LogP contribution in [-0.4, -0.2) is 13.1 Å². The molecule has 0 radical (unpaired) electrons. The van der Waals surface area contributed by atoms with Gasteiger partial charge >= 0.3 is 0 Å². The normalized spacial score (nSPS) is 10.9. The lowest BCUT2D eigenvalue weighted by molar-refractivity contribution is 0.540. The van der Waals surface area contributed by atoms with Crippen molar-refractivity contribution in [2.24, 2.45) is 11.6 Å². The molecular weight excluding hydrogens is 198 g/mol. The van der Waals surface area contributed by atoms with Crippen molar-refractivity contribution in [3.8, 4) is 0 Å². The van der Waals surface area contributed by atoms with Crippen LogP contribution in [0.3, 0.4) is 0 Å². The van der Waals surface area contributed by atoms with Crippen LogP contribution < -0.4 is 17.0 Å². The molecule has 0 unspecified atom stereocenters. The number of rotatable bonds is 13. The van der Waals surface area contributed by atoms with Crippen molar-refractivity contribution in [2.75, 3.05) is 13.1 Å². The van der Waals surface area contributed by atoms with Crippen LogP contribution in [0.5, 0.6) is 0 Å². The van der Waals surface area contributed by atoms with Gasteiger partial charge in [0.15, 0.2) is 0 Å². The van der Waals surface area contributed by atoms with E-state index in [9.17, 15) is 0 Å². The van der Waals surface area contributed by atoms with Gasteiger partial charge in [0, 0.05) is 6.54 Å². The Kier molecular flexibility index (Phi) is 14.8. The summed E-state index contributed by atoms with van der Waals surface area (Å²) < 4.78 is 0. The summed E-state index contributed by atoms with van der Waals surface area (Å²) >= 11 is 0. The minimum absolute atomic E-state index is 0.859. The molecule has 98 valence electrons. The largest absolute Gasteiger partial charge is 0.330 e. The van der Waals surface area contributed by atoms with Gasteiger partial charge in [-0.3, -0.25) is 11.3 Å². The maximum atomic E-state index is 5.45.